The third-order valence-electron chi connectivity index (χ3n) is 1.99. The van der Waals surface area contributed by atoms with Crippen molar-refractivity contribution in [1.82, 2.24) is 0 Å². The van der Waals surface area contributed by atoms with Crippen molar-refractivity contribution in [3.8, 4) is 0 Å². The van der Waals surface area contributed by atoms with Gasteiger partial charge < -0.3 is 15.9 Å². The van der Waals surface area contributed by atoms with E-state index in [0.717, 1.165) is 16.5 Å². The zero-order valence-corrected chi connectivity index (χ0v) is 7.60. The highest BCUT2D eigenvalue weighted by atomic mass is 16.3. The normalized spacial score (nSPS) is 10.3. The Morgan fingerprint density at radius 2 is 2.07 bits per heavy atom. The Balaban J connectivity index is 2.38. The number of hydrogen-bond acceptors (Lipinski definition) is 2. The molecule has 0 aliphatic rings. The van der Waals surface area contributed by atoms with Crippen LogP contribution in [0, 0.1) is 0 Å². The molecule has 4 N–H and O–H groups in total. The van der Waals surface area contributed by atoms with E-state index in [0.29, 0.717) is 6.54 Å². The molecule has 0 bridgehead atoms. The van der Waals surface area contributed by atoms with E-state index in [1.807, 2.05) is 24.3 Å². The molecule has 0 atom stereocenters. The Morgan fingerprint density at radius 1 is 1.29 bits per heavy atom. The molecule has 2 aromatic rings. The van der Waals surface area contributed by atoms with Crippen LogP contribution < -0.4 is 11.5 Å². The third kappa shape index (κ3) is 1.54. The van der Waals surface area contributed by atoms with Gasteiger partial charge in [0.05, 0.1) is 12.8 Å². The number of nitrogens with two attached hydrogens (primary N) is 2. The van der Waals surface area contributed by atoms with E-state index < -0.39 is 0 Å². The van der Waals surface area contributed by atoms with Crippen LogP contribution in [0.15, 0.2) is 39.9 Å². The second kappa shape index (κ2) is 3.41. The zero-order valence-electron chi connectivity index (χ0n) is 7.60. The van der Waals surface area contributed by atoms with Crippen molar-refractivity contribution in [2.75, 3.05) is 0 Å². The lowest BCUT2D eigenvalue weighted by Crippen LogP contribution is -2.22. The fourth-order valence-corrected chi connectivity index (χ4v) is 1.33. The molecule has 0 aliphatic carbocycles. The SMILES string of the molecule is NC(N)=NCc1coc2ccccc12. The third-order valence-corrected chi connectivity index (χ3v) is 1.99. The predicted molar refractivity (Wildman–Crippen MR) is 55.7 cm³/mol. The van der Waals surface area contributed by atoms with Crippen molar-refractivity contribution < 1.29 is 4.42 Å². The van der Waals surface area contributed by atoms with Crippen molar-refractivity contribution in [3.63, 3.8) is 0 Å². The number of benzene rings is 1. The van der Waals surface area contributed by atoms with E-state index in [4.69, 9.17) is 15.9 Å². The van der Waals surface area contributed by atoms with Crippen molar-refractivity contribution in [2.45, 2.75) is 6.54 Å². The first-order chi connectivity index (χ1) is 6.77. The average molecular weight is 189 g/mol. The molecule has 72 valence electrons. The molecule has 0 amide bonds. The lowest BCUT2D eigenvalue weighted by molar-refractivity contribution is 0.610. The van der Waals surface area contributed by atoms with Gasteiger partial charge in [-0.3, -0.25) is 0 Å². The van der Waals surface area contributed by atoms with Crippen molar-refractivity contribution >= 4 is 16.9 Å². The minimum atomic E-state index is 0.0929. The molecular weight excluding hydrogens is 178 g/mol. The average Bonchev–Trinajstić information content (AvgIpc) is 2.58. The summed E-state index contributed by atoms with van der Waals surface area (Å²) in [5, 5.41) is 1.05. The standard InChI is InChI=1S/C10H11N3O/c11-10(12)13-5-7-6-14-9-4-2-1-3-8(7)9/h1-4,6H,5H2,(H4,11,12,13). The van der Waals surface area contributed by atoms with Crippen molar-refractivity contribution in [1.29, 1.82) is 0 Å². The van der Waals surface area contributed by atoms with E-state index in [2.05, 4.69) is 4.99 Å². The van der Waals surface area contributed by atoms with Gasteiger partial charge in [-0.25, -0.2) is 4.99 Å². The van der Waals surface area contributed by atoms with Crippen LogP contribution >= 0.6 is 0 Å². The van der Waals surface area contributed by atoms with Gasteiger partial charge in [0.1, 0.15) is 5.58 Å². The van der Waals surface area contributed by atoms with E-state index in [1.165, 1.54) is 0 Å². The molecule has 2 rings (SSSR count). The Bertz CT molecular complexity index is 469. The number of hydrogen-bond donors (Lipinski definition) is 2. The molecule has 0 saturated heterocycles. The van der Waals surface area contributed by atoms with Gasteiger partial charge in [-0.05, 0) is 6.07 Å². The summed E-state index contributed by atoms with van der Waals surface area (Å²) in [5.41, 5.74) is 12.3. The lowest BCUT2D eigenvalue weighted by Gasteiger charge is -1.92. The van der Waals surface area contributed by atoms with Crippen LogP contribution in [0.5, 0.6) is 0 Å². The smallest absolute Gasteiger partial charge is 0.186 e. The number of nitrogens with zero attached hydrogens (tertiary/aromatic N) is 1. The van der Waals surface area contributed by atoms with E-state index in [1.54, 1.807) is 6.26 Å². The number of guanidine groups is 1. The molecule has 0 radical (unpaired) electrons. The Kier molecular flexibility index (Phi) is 2.10. The van der Waals surface area contributed by atoms with E-state index >= 15 is 0 Å². The summed E-state index contributed by atoms with van der Waals surface area (Å²) in [6, 6.07) is 7.78. The number of aliphatic imine (C=N–C) groups is 1. The molecular formula is C10H11N3O. The highest BCUT2D eigenvalue weighted by Crippen LogP contribution is 2.20. The van der Waals surface area contributed by atoms with Gasteiger partial charge in [-0.1, -0.05) is 18.2 Å². The van der Waals surface area contributed by atoms with Crippen LogP contribution in [-0.4, -0.2) is 5.96 Å². The number of para-hydroxylation sites is 1. The summed E-state index contributed by atoms with van der Waals surface area (Å²) < 4.78 is 5.33. The van der Waals surface area contributed by atoms with Gasteiger partial charge >= 0.3 is 0 Å². The summed E-state index contributed by atoms with van der Waals surface area (Å²) in [7, 11) is 0. The Hall–Kier alpha value is -1.97. The Morgan fingerprint density at radius 3 is 2.86 bits per heavy atom. The van der Waals surface area contributed by atoms with Crippen LogP contribution in [0.4, 0.5) is 0 Å². The molecule has 0 saturated carbocycles. The zero-order chi connectivity index (χ0) is 9.97. The molecule has 0 fully saturated rings. The van der Waals surface area contributed by atoms with Crippen molar-refractivity contribution in [2.24, 2.45) is 16.5 Å². The first-order valence-corrected chi connectivity index (χ1v) is 4.28. The van der Waals surface area contributed by atoms with Gasteiger partial charge in [-0.2, -0.15) is 0 Å². The maximum atomic E-state index is 5.33. The van der Waals surface area contributed by atoms with Gasteiger partial charge in [0.2, 0.25) is 0 Å². The quantitative estimate of drug-likeness (QED) is 0.550. The van der Waals surface area contributed by atoms with Gasteiger partial charge in [0, 0.05) is 10.9 Å². The molecule has 1 aromatic heterocycles. The first kappa shape index (κ1) is 8.62. The van der Waals surface area contributed by atoms with Gasteiger partial charge in [0.25, 0.3) is 0 Å². The second-order valence-electron chi connectivity index (χ2n) is 3.00. The molecule has 0 unspecified atom stereocenters. The van der Waals surface area contributed by atoms with Crippen LogP contribution in [0.2, 0.25) is 0 Å². The van der Waals surface area contributed by atoms with E-state index in [9.17, 15) is 0 Å². The molecule has 1 aromatic carbocycles. The Labute approximate surface area is 81.2 Å². The molecule has 0 spiro atoms. The largest absolute Gasteiger partial charge is 0.464 e. The predicted octanol–water partition coefficient (Wildman–Crippen LogP) is 1.21. The maximum absolute atomic E-state index is 5.33. The van der Waals surface area contributed by atoms with Crippen LogP contribution in [0.1, 0.15) is 5.56 Å². The van der Waals surface area contributed by atoms with Crippen LogP contribution in [0.25, 0.3) is 11.0 Å². The van der Waals surface area contributed by atoms with Gasteiger partial charge in [0.15, 0.2) is 5.96 Å². The summed E-state index contributed by atoms with van der Waals surface area (Å²) in [5.74, 6) is 0.0929. The summed E-state index contributed by atoms with van der Waals surface area (Å²) in [4.78, 5) is 3.93. The van der Waals surface area contributed by atoms with E-state index in [-0.39, 0.29) is 5.96 Å². The maximum Gasteiger partial charge on any atom is 0.186 e. The first-order valence-electron chi connectivity index (χ1n) is 4.28. The number of furan rings is 1. The summed E-state index contributed by atoms with van der Waals surface area (Å²) in [6.07, 6.45) is 1.68. The fraction of sp³-hybridized carbons (Fsp3) is 0.100. The molecule has 1 heterocycles. The molecule has 4 nitrogen and oxygen atoms in total. The molecule has 14 heavy (non-hydrogen) atoms. The summed E-state index contributed by atoms with van der Waals surface area (Å²) >= 11 is 0. The fourth-order valence-electron chi connectivity index (χ4n) is 1.33. The minimum Gasteiger partial charge on any atom is -0.464 e. The second-order valence-corrected chi connectivity index (χ2v) is 3.00. The molecule has 4 heteroatoms. The summed E-state index contributed by atoms with van der Waals surface area (Å²) in [6.45, 7) is 0.458. The monoisotopic (exact) mass is 189 g/mol. The lowest BCUT2D eigenvalue weighted by atomic mass is 10.2. The minimum absolute atomic E-state index is 0.0929. The number of rotatable bonds is 2. The van der Waals surface area contributed by atoms with Gasteiger partial charge in [-0.15, -0.1) is 0 Å². The number of fused-ring (bicyclic) bond motifs is 1. The topological polar surface area (TPSA) is 77.5 Å². The van der Waals surface area contributed by atoms with Crippen LogP contribution in [0.3, 0.4) is 0 Å². The van der Waals surface area contributed by atoms with Crippen molar-refractivity contribution in [3.05, 3.63) is 36.1 Å². The highest BCUT2D eigenvalue weighted by Gasteiger charge is 2.03. The van der Waals surface area contributed by atoms with Crippen LogP contribution in [-0.2, 0) is 6.54 Å². The highest BCUT2D eigenvalue weighted by molar-refractivity contribution is 5.81. The molecule has 0 aliphatic heterocycles.